The molecule has 13 heavy (non-hydrogen) atoms. The zero-order valence-corrected chi connectivity index (χ0v) is 8.65. The molecule has 0 saturated heterocycles. The normalized spacial score (nSPS) is 15.2. The van der Waals surface area contributed by atoms with Crippen LogP contribution in [0.1, 0.15) is 13.8 Å². The van der Waals surface area contributed by atoms with Crippen LogP contribution in [0.25, 0.3) is 0 Å². The Morgan fingerprint density at radius 1 is 1.69 bits per heavy atom. The number of nitrogens with two attached hydrogens (primary N) is 1. The molecule has 72 valence electrons. The molecule has 0 aromatic rings. The number of carbonyl (C=O) groups is 1. The zero-order valence-electron chi connectivity index (χ0n) is 7.83. The van der Waals surface area contributed by atoms with Crippen LogP contribution >= 0.6 is 11.8 Å². The van der Waals surface area contributed by atoms with Gasteiger partial charge in [0.1, 0.15) is 6.29 Å². The Morgan fingerprint density at radius 3 is 2.54 bits per heavy atom. The topological polar surface area (TPSA) is 66.9 Å². The Hall–Kier alpha value is -1.03. The predicted octanol–water partition coefficient (Wildman–Crippen LogP) is 1.70. The second-order valence-electron chi connectivity index (χ2n) is 2.87. The zero-order chi connectivity index (χ0) is 10.5. The van der Waals surface area contributed by atoms with Gasteiger partial charge in [-0.3, -0.25) is 5.41 Å². The predicted molar refractivity (Wildman–Crippen MR) is 57.9 cm³/mol. The maximum Gasteiger partial charge on any atom is 0.140 e. The van der Waals surface area contributed by atoms with Crippen molar-refractivity contribution in [2.45, 2.75) is 18.6 Å². The van der Waals surface area contributed by atoms with Gasteiger partial charge < -0.3 is 10.5 Å². The van der Waals surface area contributed by atoms with E-state index in [0.29, 0.717) is 10.7 Å². The van der Waals surface area contributed by atoms with Crippen molar-refractivity contribution in [2.75, 3.05) is 0 Å². The highest BCUT2D eigenvalue weighted by Gasteiger charge is 2.21. The molecule has 0 bridgehead atoms. The summed E-state index contributed by atoms with van der Waals surface area (Å²) in [6.45, 7) is 6.84. The van der Waals surface area contributed by atoms with Crippen molar-refractivity contribution in [2.24, 2.45) is 5.73 Å². The van der Waals surface area contributed by atoms with Crippen LogP contribution in [0.4, 0.5) is 0 Å². The first kappa shape index (κ1) is 12.0. The van der Waals surface area contributed by atoms with Crippen molar-refractivity contribution in [1.29, 1.82) is 5.41 Å². The molecule has 0 aliphatic rings. The van der Waals surface area contributed by atoms with E-state index in [1.165, 1.54) is 11.8 Å². The summed E-state index contributed by atoms with van der Waals surface area (Å²) in [5.41, 5.74) is 5.72. The summed E-state index contributed by atoms with van der Waals surface area (Å²) in [7, 11) is 0. The molecule has 1 atom stereocenters. The van der Waals surface area contributed by atoms with Crippen LogP contribution < -0.4 is 5.73 Å². The van der Waals surface area contributed by atoms with Gasteiger partial charge in [0.05, 0.1) is 9.79 Å². The third-order valence-electron chi connectivity index (χ3n) is 1.24. The first-order valence-electron chi connectivity index (χ1n) is 3.74. The van der Waals surface area contributed by atoms with E-state index in [1.807, 2.05) is 0 Å². The lowest BCUT2D eigenvalue weighted by atomic mass is 10.2. The van der Waals surface area contributed by atoms with Gasteiger partial charge in [-0.25, -0.2) is 0 Å². The fourth-order valence-corrected chi connectivity index (χ4v) is 1.54. The first-order chi connectivity index (χ1) is 5.89. The molecule has 0 radical (unpaired) electrons. The Kier molecular flexibility index (Phi) is 4.48. The lowest BCUT2D eigenvalue weighted by Crippen LogP contribution is -2.20. The van der Waals surface area contributed by atoms with Crippen molar-refractivity contribution in [3.8, 4) is 0 Å². The van der Waals surface area contributed by atoms with Crippen molar-refractivity contribution in [1.82, 2.24) is 0 Å². The van der Waals surface area contributed by atoms with Gasteiger partial charge in [0, 0.05) is 5.70 Å². The van der Waals surface area contributed by atoms with Gasteiger partial charge >= 0.3 is 0 Å². The van der Waals surface area contributed by atoms with Gasteiger partial charge in [-0.2, -0.15) is 0 Å². The van der Waals surface area contributed by atoms with Crippen LogP contribution in [-0.4, -0.2) is 16.1 Å². The highest BCUT2D eigenvalue weighted by atomic mass is 32.2. The third kappa shape index (κ3) is 5.25. The van der Waals surface area contributed by atoms with E-state index >= 15 is 0 Å². The van der Waals surface area contributed by atoms with Crippen LogP contribution in [-0.2, 0) is 4.79 Å². The number of aldehydes is 1. The number of hydrogen-bond donors (Lipinski definition) is 2. The van der Waals surface area contributed by atoms with Gasteiger partial charge in [-0.1, -0.05) is 24.4 Å². The van der Waals surface area contributed by atoms with E-state index in [2.05, 4.69) is 6.58 Å². The first-order valence-corrected chi connectivity index (χ1v) is 4.55. The Morgan fingerprint density at radius 2 is 2.23 bits per heavy atom. The monoisotopic (exact) mass is 198 g/mol. The minimum absolute atomic E-state index is 0.391. The quantitative estimate of drug-likeness (QED) is 0.313. The van der Waals surface area contributed by atoms with Crippen LogP contribution in [0.3, 0.4) is 0 Å². The summed E-state index contributed by atoms with van der Waals surface area (Å²) < 4.78 is -0.714. The molecule has 1 unspecified atom stereocenters. The maximum atomic E-state index is 10.7. The highest BCUT2D eigenvalue weighted by molar-refractivity contribution is 8.15. The molecule has 0 aliphatic heterocycles. The Labute approximate surface area is 82.6 Å². The number of rotatable bonds is 4. The molecule has 0 aliphatic carbocycles. The standard InChI is InChI=1S/C9H14N2OS/c1-7(10)4-5-9(3,6-12)13-8(2)11/h4-6,11H,1,10H2,2-3H3/b5-4-,11-8?. The Bertz CT molecular complexity index is 260. The number of thioether (sulfide) groups is 1. The minimum atomic E-state index is -0.714. The molecule has 3 nitrogen and oxygen atoms in total. The average molecular weight is 198 g/mol. The molecule has 0 spiro atoms. The van der Waals surface area contributed by atoms with Crippen LogP contribution in [0.15, 0.2) is 24.4 Å². The van der Waals surface area contributed by atoms with E-state index in [0.717, 1.165) is 6.29 Å². The highest BCUT2D eigenvalue weighted by Crippen LogP contribution is 2.25. The molecule has 0 amide bonds. The number of nitrogens with one attached hydrogen (secondary N) is 1. The van der Waals surface area contributed by atoms with Crippen molar-refractivity contribution in [3.63, 3.8) is 0 Å². The molecule has 0 saturated carbocycles. The minimum Gasteiger partial charge on any atom is -0.399 e. The van der Waals surface area contributed by atoms with Crippen LogP contribution in [0.2, 0.25) is 0 Å². The molecule has 0 aromatic heterocycles. The second-order valence-corrected chi connectivity index (χ2v) is 4.56. The average Bonchev–Trinajstić information content (AvgIpc) is 2.00. The van der Waals surface area contributed by atoms with E-state index < -0.39 is 4.75 Å². The smallest absolute Gasteiger partial charge is 0.140 e. The lowest BCUT2D eigenvalue weighted by molar-refractivity contribution is -0.108. The Balaban J connectivity index is 4.54. The fourth-order valence-electron chi connectivity index (χ4n) is 0.700. The molecule has 0 heterocycles. The van der Waals surface area contributed by atoms with E-state index in [-0.39, 0.29) is 0 Å². The van der Waals surface area contributed by atoms with Crippen molar-refractivity contribution >= 4 is 23.1 Å². The summed E-state index contributed by atoms with van der Waals surface area (Å²) in [4.78, 5) is 10.7. The molecule has 0 rings (SSSR count). The summed E-state index contributed by atoms with van der Waals surface area (Å²) in [6, 6.07) is 0. The van der Waals surface area contributed by atoms with Gasteiger partial charge in [-0.05, 0) is 19.9 Å². The van der Waals surface area contributed by atoms with Gasteiger partial charge in [-0.15, -0.1) is 0 Å². The molecule has 0 fully saturated rings. The number of carbonyl (C=O) groups excluding carboxylic acids is 1. The van der Waals surface area contributed by atoms with E-state index in [4.69, 9.17) is 11.1 Å². The van der Waals surface area contributed by atoms with E-state index in [1.54, 1.807) is 26.0 Å². The van der Waals surface area contributed by atoms with E-state index in [9.17, 15) is 4.79 Å². The second kappa shape index (κ2) is 4.87. The third-order valence-corrected chi connectivity index (χ3v) is 2.21. The number of allylic oxidation sites excluding steroid dienone is 1. The van der Waals surface area contributed by atoms with Crippen LogP contribution in [0.5, 0.6) is 0 Å². The largest absolute Gasteiger partial charge is 0.399 e. The maximum absolute atomic E-state index is 10.7. The SMILES string of the molecule is C=C(N)/C=C\C(C)(C=O)SC(C)=N. The van der Waals surface area contributed by atoms with Crippen molar-refractivity contribution in [3.05, 3.63) is 24.4 Å². The lowest BCUT2D eigenvalue weighted by Gasteiger charge is -2.16. The fraction of sp³-hybridized carbons (Fsp3) is 0.333. The van der Waals surface area contributed by atoms with Gasteiger partial charge in [0.25, 0.3) is 0 Å². The summed E-state index contributed by atoms with van der Waals surface area (Å²) in [5, 5.41) is 7.65. The summed E-state index contributed by atoms with van der Waals surface area (Å²) in [5.74, 6) is 0. The molecular weight excluding hydrogens is 184 g/mol. The van der Waals surface area contributed by atoms with Gasteiger partial charge in [0.2, 0.25) is 0 Å². The van der Waals surface area contributed by atoms with Crippen LogP contribution in [0, 0.1) is 5.41 Å². The number of hydrogen-bond acceptors (Lipinski definition) is 4. The summed E-state index contributed by atoms with van der Waals surface area (Å²) >= 11 is 1.18. The summed E-state index contributed by atoms with van der Waals surface area (Å²) in [6.07, 6.45) is 4.00. The van der Waals surface area contributed by atoms with Gasteiger partial charge in [0.15, 0.2) is 0 Å². The van der Waals surface area contributed by atoms with Crippen molar-refractivity contribution < 1.29 is 4.79 Å². The molecule has 3 N–H and O–H groups in total. The molecule has 4 heteroatoms. The molecular formula is C9H14N2OS. The molecule has 0 aromatic carbocycles.